The lowest BCUT2D eigenvalue weighted by Crippen LogP contribution is -2.22. The van der Waals surface area contributed by atoms with Gasteiger partial charge in [0.25, 0.3) is 0 Å². The second-order valence-corrected chi connectivity index (χ2v) is 3.78. The predicted octanol–water partition coefficient (Wildman–Crippen LogP) is 1.76. The molecule has 2 N–H and O–H groups in total. The van der Waals surface area contributed by atoms with Crippen molar-refractivity contribution in [2.45, 2.75) is 12.8 Å². The van der Waals surface area contributed by atoms with Gasteiger partial charge in [-0.2, -0.15) is 0 Å². The molecule has 5 heteroatoms. The molecule has 0 radical (unpaired) electrons. The van der Waals surface area contributed by atoms with E-state index in [0.717, 1.165) is 5.82 Å². The average molecular weight is 213 g/mol. The molecule has 0 unspecified atom stereocenters. The van der Waals surface area contributed by atoms with E-state index in [-0.39, 0.29) is 0 Å². The van der Waals surface area contributed by atoms with Gasteiger partial charge in [0.15, 0.2) is 0 Å². The standard InChI is InChI=1S/C10H13F2N3/c11-10(12)7-3-4-15(6-7)9-2-1-8(13)5-14-9/h1-2,5,7,10H,3-4,6,13H2/t7-/m1/s1. The van der Waals surface area contributed by atoms with Crippen LogP contribution in [0.3, 0.4) is 0 Å². The van der Waals surface area contributed by atoms with E-state index in [1.807, 2.05) is 4.90 Å². The van der Waals surface area contributed by atoms with Crippen LogP contribution in [0.4, 0.5) is 20.3 Å². The first-order valence-electron chi connectivity index (χ1n) is 4.91. The van der Waals surface area contributed by atoms with Crippen molar-refractivity contribution < 1.29 is 8.78 Å². The third-order valence-electron chi connectivity index (χ3n) is 2.68. The maximum atomic E-state index is 12.4. The van der Waals surface area contributed by atoms with E-state index in [2.05, 4.69) is 4.98 Å². The number of nitrogen functional groups attached to an aromatic ring is 1. The van der Waals surface area contributed by atoms with Crippen molar-refractivity contribution >= 4 is 11.5 Å². The minimum atomic E-state index is -2.23. The first-order valence-corrected chi connectivity index (χ1v) is 4.91. The number of pyridine rings is 1. The SMILES string of the molecule is Nc1ccc(N2CC[C@@H](C(F)F)C2)nc1. The summed E-state index contributed by atoms with van der Waals surface area (Å²) in [5.74, 6) is 0.205. The zero-order chi connectivity index (χ0) is 10.8. The summed E-state index contributed by atoms with van der Waals surface area (Å²) in [6, 6.07) is 3.50. The predicted molar refractivity (Wildman–Crippen MR) is 55.0 cm³/mol. The van der Waals surface area contributed by atoms with E-state index in [4.69, 9.17) is 5.73 Å². The first-order chi connectivity index (χ1) is 7.16. The molecule has 1 aromatic rings. The van der Waals surface area contributed by atoms with Crippen molar-refractivity contribution in [3.05, 3.63) is 18.3 Å². The molecule has 82 valence electrons. The third-order valence-corrected chi connectivity index (χ3v) is 2.68. The van der Waals surface area contributed by atoms with Gasteiger partial charge in [0.1, 0.15) is 5.82 Å². The number of rotatable bonds is 2. The van der Waals surface area contributed by atoms with Crippen LogP contribution in [-0.4, -0.2) is 24.5 Å². The Hall–Kier alpha value is -1.39. The molecule has 0 bridgehead atoms. The van der Waals surface area contributed by atoms with Gasteiger partial charge in [0, 0.05) is 19.0 Å². The molecule has 0 saturated carbocycles. The van der Waals surface area contributed by atoms with Gasteiger partial charge in [-0.15, -0.1) is 0 Å². The molecular formula is C10H13F2N3. The van der Waals surface area contributed by atoms with E-state index >= 15 is 0 Å². The van der Waals surface area contributed by atoms with Crippen molar-refractivity contribution in [1.29, 1.82) is 0 Å². The molecule has 1 aliphatic heterocycles. The summed E-state index contributed by atoms with van der Waals surface area (Å²) in [4.78, 5) is 5.98. The molecule has 1 atom stereocenters. The molecule has 1 aliphatic rings. The van der Waals surface area contributed by atoms with Gasteiger partial charge < -0.3 is 10.6 Å². The molecular weight excluding hydrogens is 200 g/mol. The van der Waals surface area contributed by atoms with E-state index < -0.39 is 12.3 Å². The van der Waals surface area contributed by atoms with Crippen LogP contribution in [0, 0.1) is 5.92 Å². The number of nitrogens with two attached hydrogens (primary N) is 1. The van der Waals surface area contributed by atoms with Crippen LogP contribution in [-0.2, 0) is 0 Å². The van der Waals surface area contributed by atoms with Crippen LogP contribution in [0.5, 0.6) is 0 Å². The Bertz CT molecular complexity index is 326. The third kappa shape index (κ3) is 2.16. The maximum absolute atomic E-state index is 12.4. The van der Waals surface area contributed by atoms with Crippen molar-refractivity contribution in [3.8, 4) is 0 Å². The number of halogens is 2. The Morgan fingerprint density at radius 1 is 1.47 bits per heavy atom. The fraction of sp³-hybridized carbons (Fsp3) is 0.500. The lowest BCUT2D eigenvalue weighted by Gasteiger charge is -2.17. The number of hydrogen-bond acceptors (Lipinski definition) is 3. The molecule has 2 rings (SSSR count). The summed E-state index contributed by atoms with van der Waals surface area (Å²) in [6.07, 6.45) is -0.154. The van der Waals surface area contributed by atoms with Gasteiger partial charge in [-0.3, -0.25) is 0 Å². The number of nitrogens with zero attached hydrogens (tertiary/aromatic N) is 2. The van der Waals surface area contributed by atoms with E-state index in [9.17, 15) is 8.78 Å². The fourth-order valence-corrected chi connectivity index (χ4v) is 1.79. The van der Waals surface area contributed by atoms with Crippen LogP contribution in [0.1, 0.15) is 6.42 Å². The first kappa shape index (κ1) is 10.1. The molecule has 1 fully saturated rings. The zero-order valence-electron chi connectivity index (χ0n) is 8.24. The Balaban J connectivity index is 2.04. The quantitative estimate of drug-likeness (QED) is 0.813. The summed E-state index contributed by atoms with van der Waals surface area (Å²) in [7, 11) is 0. The number of anilines is 2. The lowest BCUT2D eigenvalue weighted by molar-refractivity contribution is 0.0880. The maximum Gasteiger partial charge on any atom is 0.243 e. The topological polar surface area (TPSA) is 42.1 Å². The Labute approximate surface area is 86.9 Å². The second kappa shape index (κ2) is 4.00. The average Bonchev–Trinajstić information content (AvgIpc) is 2.68. The van der Waals surface area contributed by atoms with Crippen LogP contribution < -0.4 is 10.6 Å². The molecule has 15 heavy (non-hydrogen) atoms. The highest BCUT2D eigenvalue weighted by molar-refractivity contribution is 5.46. The minimum Gasteiger partial charge on any atom is -0.397 e. The lowest BCUT2D eigenvalue weighted by atomic mass is 10.1. The number of hydrogen-bond donors (Lipinski definition) is 1. The van der Waals surface area contributed by atoms with E-state index in [1.165, 1.54) is 0 Å². The van der Waals surface area contributed by atoms with Crippen LogP contribution in [0.15, 0.2) is 18.3 Å². The van der Waals surface area contributed by atoms with Crippen molar-refractivity contribution in [1.82, 2.24) is 4.98 Å². The van der Waals surface area contributed by atoms with E-state index in [1.54, 1.807) is 18.3 Å². The van der Waals surface area contributed by atoms with Gasteiger partial charge in [0.05, 0.1) is 11.9 Å². The minimum absolute atomic E-state index is 0.384. The number of aromatic nitrogens is 1. The summed E-state index contributed by atoms with van der Waals surface area (Å²) in [5.41, 5.74) is 6.09. The van der Waals surface area contributed by atoms with Crippen molar-refractivity contribution in [2.24, 2.45) is 5.92 Å². The Morgan fingerprint density at radius 3 is 2.80 bits per heavy atom. The largest absolute Gasteiger partial charge is 0.397 e. The molecule has 0 amide bonds. The van der Waals surface area contributed by atoms with Gasteiger partial charge in [0.2, 0.25) is 6.43 Å². The molecule has 0 spiro atoms. The summed E-state index contributed by atoms with van der Waals surface area (Å²) < 4.78 is 24.9. The molecule has 3 nitrogen and oxygen atoms in total. The van der Waals surface area contributed by atoms with Gasteiger partial charge in [-0.05, 0) is 18.6 Å². The van der Waals surface area contributed by atoms with Gasteiger partial charge >= 0.3 is 0 Å². The number of alkyl halides is 2. The summed E-state index contributed by atoms with van der Waals surface area (Å²) >= 11 is 0. The Morgan fingerprint density at radius 2 is 2.27 bits per heavy atom. The molecule has 2 heterocycles. The van der Waals surface area contributed by atoms with Crippen molar-refractivity contribution in [3.63, 3.8) is 0 Å². The highest BCUT2D eigenvalue weighted by Crippen LogP contribution is 2.26. The smallest absolute Gasteiger partial charge is 0.243 e. The van der Waals surface area contributed by atoms with E-state index in [0.29, 0.717) is 25.2 Å². The van der Waals surface area contributed by atoms with Crippen LogP contribution >= 0.6 is 0 Å². The Kier molecular flexibility index (Phi) is 2.70. The van der Waals surface area contributed by atoms with Crippen LogP contribution in [0.2, 0.25) is 0 Å². The monoisotopic (exact) mass is 213 g/mol. The van der Waals surface area contributed by atoms with Crippen molar-refractivity contribution in [2.75, 3.05) is 23.7 Å². The molecule has 0 aliphatic carbocycles. The van der Waals surface area contributed by atoms with Gasteiger partial charge in [-0.1, -0.05) is 0 Å². The normalized spacial score (nSPS) is 21.3. The summed E-state index contributed by atoms with van der Waals surface area (Å²) in [6.45, 7) is 1.03. The zero-order valence-corrected chi connectivity index (χ0v) is 8.24. The molecule has 1 aromatic heterocycles. The second-order valence-electron chi connectivity index (χ2n) is 3.78. The fourth-order valence-electron chi connectivity index (χ4n) is 1.79. The van der Waals surface area contributed by atoms with Crippen LogP contribution in [0.25, 0.3) is 0 Å². The highest BCUT2D eigenvalue weighted by Gasteiger charge is 2.29. The van der Waals surface area contributed by atoms with Gasteiger partial charge in [-0.25, -0.2) is 13.8 Å². The summed E-state index contributed by atoms with van der Waals surface area (Å²) in [5, 5.41) is 0. The molecule has 0 aromatic carbocycles. The highest BCUT2D eigenvalue weighted by atomic mass is 19.3. The molecule has 1 saturated heterocycles.